The van der Waals surface area contributed by atoms with E-state index in [4.69, 9.17) is 23.2 Å². The molecule has 8 rings (SSSR count). The van der Waals surface area contributed by atoms with Crippen LogP contribution in [0.3, 0.4) is 0 Å². The Morgan fingerprint density at radius 3 is 2.13 bits per heavy atom. The van der Waals surface area contributed by atoms with Crippen LogP contribution in [-0.2, 0) is 24.6 Å². The third kappa shape index (κ3) is 4.19. The average molecular weight is 664 g/mol. The summed E-state index contributed by atoms with van der Waals surface area (Å²) in [5.41, 5.74) is 1.24. The van der Waals surface area contributed by atoms with E-state index in [1.807, 2.05) is 36.4 Å². The van der Waals surface area contributed by atoms with E-state index in [-0.39, 0.29) is 30.4 Å². The molecule has 7 nitrogen and oxygen atoms in total. The lowest BCUT2D eigenvalue weighted by molar-refractivity contribution is -0.127. The van der Waals surface area contributed by atoms with E-state index in [9.17, 15) is 19.5 Å². The van der Waals surface area contributed by atoms with Crippen LogP contribution in [0.1, 0.15) is 29.9 Å². The molecule has 4 amide bonds. The number of aromatic hydroxyl groups is 1. The zero-order valence-electron chi connectivity index (χ0n) is 24.9. The first kappa shape index (κ1) is 29.7. The van der Waals surface area contributed by atoms with E-state index >= 15 is 4.79 Å². The highest BCUT2D eigenvalue weighted by Gasteiger charge is 2.70. The van der Waals surface area contributed by atoms with Gasteiger partial charge in [-0.2, -0.15) is 0 Å². The fourth-order valence-electron chi connectivity index (χ4n) is 8.66. The highest BCUT2D eigenvalue weighted by Crippen LogP contribution is 2.65. The molecule has 47 heavy (non-hydrogen) atoms. The quantitative estimate of drug-likeness (QED) is 0.186. The predicted molar refractivity (Wildman–Crippen MR) is 178 cm³/mol. The molecule has 0 spiro atoms. The summed E-state index contributed by atoms with van der Waals surface area (Å²) in [4.78, 5) is 60.6. The van der Waals surface area contributed by atoms with Gasteiger partial charge >= 0.3 is 0 Å². The SMILES string of the molecule is O=C1[C@H]2[C@H](CC=C3[C@H]2C[C@H]2C(=O)N(c4cccc(Cl)c4)C(=O)[C@@]2(c2ccccc2)[C@H]3c2ccccc2O)C(=O)N1c1ccc(Cl)cc1. The van der Waals surface area contributed by atoms with Gasteiger partial charge in [0.2, 0.25) is 23.6 Å². The van der Waals surface area contributed by atoms with Crippen LogP contribution >= 0.6 is 23.2 Å². The van der Waals surface area contributed by atoms with E-state index < -0.39 is 46.8 Å². The van der Waals surface area contributed by atoms with E-state index in [1.54, 1.807) is 72.8 Å². The first-order valence-corrected chi connectivity index (χ1v) is 16.3. The third-order valence-corrected chi connectivity index (χ3v) is 11.0. The van der Waals surface area contributed by atoms with Gasteiger partial charge in [-0.05, 0) is 72.9 Å². The van der Waals surface area contributed by atoms with Gasteiger partial charge in [0, 0.05) is 21.5 Å². The second kappa shape index (κ2) is 10.9. The van der Waals surface area contributed by atoms with Gasteiger partial charge in [-0.15, -0.1) is 0 Å². The zero-order chi connectivity index (χ0) is 32.6. The van der Waals surface area contributed by atoms with Crippen molar-refractivity contribution in [1.82, 2.24) is 0 Å². The van der Waals surface area contributed by atoms with Crippen molar-refractivity contribution in [1.29, 1.82) is 0 Å². The second-order valence-electron chi connectivity index (χ2n) is 12.6. The summed E-state index contributed by atoms with van der Waals surface area (Å²) >= 11 is 12.5. The van der Waals surface area contributed by atoms with Gasteiger partial charge in [0.25, 0.3) is 0 Å². The normalized spacial score (nSPS) is 28.2. The maximum atomic E-state index is 15.2. The summed E-state index contributed by atoms with van der Waals surface area (Å²) in [5, 5.41) is 12.3. The van der Waals surface area contributed by atoms with E-state index in [1.165, 1.54) is 9.80 Å². The van der Waals surface area contributed by atoms with E-state index in [0.717, 1.165) is 5.57 Å². The van der Waals surface area contributed by atoms with Crippen molar-refractivity contribution < 1.29 is 24.3 Å². The molecular weight excluding hydrogens is 635 g/mol. The van der Waals surface area contributed by atoms with Crippen molar-refractivity contribution in [2.45, 2.75) is 24.2 Å². The molecule has 4 aliphatic rings. The second-order valence-corrected chi connectivity index (χ2v) is 13.5. The lowest BCUT2D eigenvalue weighted by atomic mass is 9.49. The Morgan fingerprint density at radius 2 is 1.40 bits per heavy atom. The van der Waals surface area contributed by atoms with Gasteiger partial charge in [0.05, 0.1) is 34.5 Å². The Kier molecular flexibility index (Phi) is 6.90. The molecule has 0 bridgehead atoms. The standard InChI is InChI=1S/C38H28Cl2N2O5/c39-22-13-15-24(16-14-22)41-34(44)28-18-17-26-29(32(28)36(41)46)20-30-35(45)42(25-10-6-9-23(40)19-25)37(47)38(30,21-7-2-1-3-8-21)33(26)27-11-4-5-12-31(27)43/h1-17,19,28-30,32-33,43H,18,20H2/t28-,29+,30-,32-,33+,38+/m0/s1. The monoisotopic (exact) mass is 662 g/mol. The maximum absolute atomic E-state index is 15.2. The molecular formula is C38H28Cl2N2O5. The van der Waals surface area contributed by atoms with Crippen molar-refractivity contribution in [2.24, 2.45) is 23.7 Å². The summed E-state index contributed by atoms with van der Waals surface area (Å²) in [6.07, 6.45) is 2.42. The molecule has 3 fully saturated rings. The van der Waals surface area contributed by atoms with E-state index in [0.29, 0.717) is 32.5 Å². The number of phenols is 1. The van der Waals surface area contributed by atoms with Gasteiger partial charge < -0.3 is 5.11 Å². The van der Waals surface area contributed by atoms with Gasteiger partial charge in [0.15, 0.2) is 0 Å². The number of fused-ring (bicyclic) bond motifs is 4. The summed E-state index contributed by atoms with van der Waals surface area (Å²) in [5.74, 6) is -5.12. The molecule has 2 saturated heterocycles. The molecule has 0 aromatic heterocycles. The Hall–Kier alpha value is -4.72. The molecule has 6 atom stereocenters. The zero-order valence-corrected chi connectivity index (χ0v) is 26.4. The average Bonchev–Trinajstić information content (AvgIpc) is 3.46. The summed E-state index contributed by atoms with van der Waals surface area (Å²) in [6.45, 7) is 0. The van der Waals surface area contributed by atoms with Gasteiger partial charge in [-0.25, -0.2) is 4.90 Å². The van der Waals surface area contributed by atoms with Crippen molar-refractivity contribution in [3.63, 3.8) is 0 Å². The number of rotatable bonds is 4. The number of phenolic OH excluding ortho intramolecular Hbond substituents is 1. The summed E-state index contributed by atoms with van der Waals surface area (Å²) < 4.78 is 0. The minimum Gasteiger partial charge on any atom is -0.508 e. The minimum absolute atomic E-state index is 0.0201. The number of amides is 4. The number of allylic oxidation sites excluding steroid dienone is 2. The number of anilines is 2. The molecule has 4 aromatic rings. The molecule has 0 radical (unpaired) electrons. The number of nitrogens with zero attached hydrogens (tertiary/aromatic N) is 2. The van der Waals surface area contributed by atoms with Gasteiger partial charge in [0.1, 0.15) is 5.75 Å². The Labute approximate surface area is 281 Å². The summed E-state index contributed by atoms with van der Waals surface area (Å²) in [7, 11) is 0. The Morgan fingerprint density at radius 1 is 0.681 bits per heavy atom. The number of imide groups is 2. The number of benzene rings is 4. The van der Waals surface area contributed by atoms with Gasteiger partial charge in [-0.1, -0.05) is 89.4 Å². The molecule has 1 N–H and O–H groups in total. The molecule has 9 heteroatoms. The first-order valence-electron chi connectivity index (χ1n) is 15.5. The molecule has 1 saturated carbocycles. The molecule has 4 aromatic carbocycles. The highest BCUT2D eigenvalue weighted by molar-refractivity contribution is 6.32. The van der Waals surface area contributed by atoms with Crippen LogP contribution in [0.4, 0.5) is 11.4 Å². The largest absolute Gasteiger partial charge is 0.508 e. The van der Waals surface area contributed by atoms with Crippen molar-refractivity contribution in [3.05, 3.63) is 136 Å². The minimum atomic E-state index is -1.45. The number of para-hydroxylation sites is 1. The fraction of sp³-hybridized carbons (Fsp3) is 0.211. The van der Waals surface area contributed by atoms with Crippen LogP contribution in [0.25, 0.3) is 0 Å². The third-order valence-electron chi connectivity index (χ3n) is 10.5. The van der Waals surface area contributed by atoms with Crippen LogP contribution < -0.4 is 9.80 Å². The Balaban J connectivity index is 1.35. The van der Waals surface area contributed by atoms with Crippen molar-refractivity contribution in [2.75, 3.05) is 9.80 Å². The van der Waals surface area contributed by atoms with Crippen molar-refractivity contribution >= 4 is 58.2 Å². The topological polar surface area (TPSA) is 95.0 Å². The molecule has 0 unspecified atom stereocenters. The molecule has 2 aliphatic heterocycles. The van der Waals surface area contributed by atoms with Crippen LogP contribution in [0.2, 0.25) is 10.0 Å². The number of hydrogen-bond donors (Lipinski definition) is 1. The number of carbonyl (C=O) groups excluding carboxylic acids is 4. The van der Waals surface area contributed by atoms with Crippen LogP contribution in [-0.4, -0.2) is 28.7 Å². The maximum Gasteiger partial charge on any atom is 0.246 e. The van der Waals surface area contributed by atoms with E-state index in [2.05, 4.69) is 0 Å². The summed E-state index contributed by atoms with van der Waals surface area (Å²) in [6, 6.07) is 29.3. The van der Waals surface area contributed by atoms with Crippen LogP contribution in [0.5, 0.6) is 5.75 Å². The predicted octanol–water partition coefficient (Wildman–Crippen LogP) is 7.07. The lowest BCUT2D eigenvalue weighted by Gasteiger charge is -2.50. The highest BCUT2D eigenvalue weighted by atomic mass is 35.5. The number of hydrogen-bond acceptors (Lipinski definition) is 5. The number of halogens is 2. The van der Waals surface area contributed by atoms with Crippen LogP contribution in [0, 0.1) is 23.7 Å². The number of carbonyl (C=O) groups is 4. The molecule has 2 heterocycles. The van der Waals surface area contributed by atoms with Crippen molar-refractivity contribution in [3.8, 4) is 5.75 Å². The smallest absolute Gasteiger partial charge is 0.246 e. The molecule has 234 valence electrons. The molecule has 2 aliphatic carbocycles. The fourth-order valence-corrected chi connectivity index (χ4v) is 8.98. The Bertz CT molecular complexity index is 2010. The first-order chi connectivity index (χ1) is 22.7. The lowest BCUT2D eigenvalue weighted by Crippen LogP contribution is -2.53. The van der Waals surface area contributed by atoms with Gasteiger partial charge in [-0.3, -0.25) is 24.1 Å². The van der Waals surface area contributed by atoms with Crippen LogP contribution in [0.15, 0.2) is 115 Å².